The molecule has 1 aliphatic rings. The molecule has 1 fully saturated rings. The summed E-state index contributed by atoms with van der Waals surface area (Å²) in [6, 6.07) is 3.46. The molecule has 1 saturated heterocycles. The lowest BCUT2D eigenvalue weighted by Crippen LogP contribution is -2.42. The summed E-state index contributed by atoms with van der Waals surface area (Å²) in [5.74, 6) is 1.57. The third kappa shape index (κ3) is 3.30. The van der Waals surface area contributed by atoms with Gasteiger partial charge in [-0.2, -0.15) is 4.31 Å². The molecule has 5 heteroatoms. The molecule has 0 bridgehead atoms. The Morgan fingerprint density at radius 2 is 1.73 bits per heavy atom. The minimum absolute atomic E-state index is 0.405. The molecular weight excluding hydrogens is 298 g/mol. The van der Waals surface area contributed by atoms with Crippen LogP contribution in [0.1, 0.15) is 38.3 Å². The van der Waals surface area contributed by atoms with Gasteiger partial charge in [-0.1, -0.05) is 13.8 Å². The van der Waals surface area contributed by atoms with E-state index in [1.807, 2.05) is 20.8 Å². The molecule has 0 spiro atoms. The van der Waals surface area contributed by atoms with Crippen LogP contribution in [0.25, 0.3) is 0 Å². The first-order valence-electron chi connectivity index (χ1n) is 8.00. The molecule has 0 aromatic heterocycles. The molecule has 1 aromatic rings. The van der Waals surface area contributed by atoms with E-state index in [0.717, 1.165) is 23.3 Å². The van der Waals surface area contributed by atoms with Crippen LogP contribution in [-0.4, -0.2) is 32.4 Å². The highest BCUT2D eigenvalue weighted by molar-refractivity contribution is 7.89. The Morgan fingerprint density at radius 1 is 1.14 bits per heavy atom. The maximum atomic E-state index is 13.0. The first kappa shape index (κ1) is 17.3. The topological polar surface area (TPSA) is 46.6 Å². The van der Waals surface area contributed by atoms with E-state index in [2.05, 4.69) is 13.8 Å². The highest BCUT2D eigenvalue weighted by Gasteiger charge is 2.33. The second-order valence-electron chi connectivity index (χ2n) is 6.51. The predicted octanol–water partition coefficient (Wildman–Crippen LogP) is 3.37. The number of benzene rings is 1. The van der Waals surface area contributed by atoms with Crippen LogP contribution in [0.15, 0.2) is 17.0 Å². The Hall–Kier alpha value is -1.07. The zero-order valence-electron chi connectivity index (χ0n) is 14.2. The van der Waals surface area contributed by atoms with E-state index in [-0.39, 0.29) is 0 Å². The van der Waals surface area contributed by atoms with Gasteiger partial charge in [-0.25, -0.2) is 8.42 Å². The van der Waals surface area contributed by atoms with Crippen molar-refractivity contribution in [2.45, 2.75) is 45.9 Å². The fraction of sp³-hybridized carbons (Fsp3) is 0.647. The number of nitrogens with zero attached hydrogens (tertiary/aromatic N) is 1. The molecule has 0 radical (unpaired) electrons. The van der Waals surface area contributed by atoms with Crippen molar-refractivity contribution in [3.05, 3.63) is 23.3 Å². The molecule has 2 rings (SSSR count). The first-order valence-corrected chi connectivity index (χ1v) is 9.44. The van der Waals surface area contributed by atoms with Crippen LogP contribution in [0.2, 0.25) is 0 Å². The summed E-state index contributed by atoms with van der Waals surface area (Å²) in [5, 5.41) is 0. The monoisotopic (exact) mass is 325 g/mol. The van der Waals surface area contributed by atoms with E-state index in [0.29, 0.717) is 36.4 Å². The normalized spacial score (nSPS) is 23.5. The van der Waals surface area contributed by atoms with Crippen molar-refractivity contribution in [2.24, 2.45) is 11.8 Å². The van der Waals surface area contributed by atoms with Gasteiger partial charge in [0.1, 0.15) is 5.75 Å². The molecule has 0 saturated carbocycles. The van der Waals surface area contributed by atoms with Crippen LogP contribution in [-0.2, 0) is 10.0 Å². The van der Waals surface area contributed by atoms with Gasteiger partial charge in [0.05, 0.1) is 11.5 Å². The first-order chi connectivity index (χ1) is 10.3. The third-order valence-corrected chi connectivity index (χ3v) is 6.42. The van der Waals surface area contributed by atoms with Crippen molar-refractivity contribution in [1.82, 2.24) is 4.31 Å². The summed E-state index contributed by atoms with van der Waals surface area (Å²) in [6.07, 6.45) is 1.09. The second-order valence-corrected chi connectivity index (χ2v) is 8.42. The van der Waals surface area contributed by atoms with Crippen molar-refractivity contribution in [3.8, 4) is 5.75 Å². The van der Waals surface area contributed by atoms with Crippen LogP contribution in [0.3, 0.4) is 0 Å². The number of sulfonamides is 1. The minimum Gasteiger partial charge on any atom is -0.494 e. The Balaban J connectivity index is 2.39. The molecule has 1 aromatic carbocycles. The molecule has 2 atom stereocenters. The van der Waals surface area contributed by atoms with Gasteiger partial charge in [-0.05, 0) is 62.3 Å². The number of ether oxygens (including phenoxy) is 1. The number of rotatable bonds is 4. The van der Waals surface area contributed by atoms with E-state index < -0.39 is 10.0 Å². The van der Waals surface area contributed by atoms with Crippen molar-refractivity contribution in [2.75, 3.05) is 19.7 Å². The highest BCUT2D eigenvalue weighted by Crippen LogP contribution is 2.32. The number of piperidine rings is 1. The number of hydrogen-bond acceptors (Lipinski definition) is 3. The molecule has 1 aliphatic heterocycles. The van der Waals surface area contributed by atoms with Gasteiger partial charge in [0.2, 0.25) is 10.0 Å². The lowest BCUT2D eigenvalue weighted by atomic mass is 9.94. The Bertz CT molecular complexity index is 630. The summed E-state index contributed by atoms with van der Waals surface area (Å²) in [7, 11) is -3.43. The van der Waals surface area contributed by atoms with E-state index in [9.17, 15) is 8.42 Å². The standard InChI is InChI=1S/C17H27NO3S/c1-6-21-16-7-8-17(15(5)14(16)4)22(19,20)18-10-12(2)9-13(3)11-18/h7-8,12-13H,6,9-11H2,1-5H3/t12-,13+. The molecule has 0 amide bonds. The maximum absolute atomic E-state index is 13.0. The van der Waals surface area contributed by atoms with Gasteiger partial charge >= 0.3 is 0 Å². The highest BCUT2D eigenvalue weighted by atomic mass is 32.2. The lowest BCUT2D eigenvalue weighted by molar-refractivity contribution is 0.222. The van der Waals surface area contributed by atoms with E-state index in [4.69, 9.17) is 4.74 Å². The van der Waals surface area contributed by atoms with Crippen molar-refractivity contribution >= 4 is 10.0 Å². The molecule has 0 aliphatic carbocycles. The van der Waals surface area contributed by atoms with Crippen LogP contribution in [0.5, 0.6) is 5.75 Å². The van der Waals surface area contributed by atoms with Gasteiger partial charge in [0.25, 0.3) is 0 Å². The maximum Gasteiger partial charge on any atom is 0.243 e. The third-order valence-electron chi connectivity index (χ3n) is 4.44. The van der Waals surface area contributed by atoms with Gasteiger partial charge in [-0.15, -0.1) is 0 Å². The number of hydrogen-bond donors (Lipinski definition) is 0. The summed E-state index contributed by atoms with van der Waals surface area (Å²) in [4.78, 5) is 0.412. The summed E-state index contributed by atoms with van der Waals surface area (Å²) >= 11 is 0. The zero-order chi connectivity index (χ0) is 16.5. The van der Waals surface area contributed by atoms with E-state index >= 15 is 0 Å². The predicted molar refractivity (Wildman–Crippen MR) is 88.8 cm³/mol. The second kappa shape index (κ2) is 6.59. The van der Waals surface area contributed by atoms with Crippen molar-refractivity contribution in [1.29, 1.82) is 0 Å². The average Bonchev–Trinajstić information content (AvgIpc) is 2.43. The van der Waals surface area contributed by atoms with Crippen LogP contribution in [0.4, 0.5) is 0 Å². The minimum atomic E-state index is -3.43. The molecule has 4 nitrogen and oxygen atoms in total. The van der Waals surface area contributed by atoms with Gasteiger partial charge < -0.3 is 4.74 Å². The van der Waals surface area contributed by atoms with Crippen LogP contribution < -0.4 is 4.74 Å². The van der Waals surface area contributed by atoms with E-state index in [1.165, 1.54) is 0 Å². The molecule has 0 N–H and O–H groups in total. The largest absolute Gasteiger partial charge is 0.494 e. The fourth-order valence-electron chi connectivity index (χ4n) is 3.30. The van der Waals surface area contributed by atoms with E-state index in [1.54, 1.807) is 16.4 Å². The van der Waals surface area contributed by atoms with Crippen LogP contribution >= 0.6 is 0 Å². The molecule has 0 unspecified atom stereocenters. The summed E-state index contributed by atoms with van der Waals surface area (Å²) in [6.45, 7) is 11.7. The summed E-state index contributed by atoms with van der Waals surface area (Å²) < 4.78 is 33.2. The van der Waals surface area contributed by atoms with Crippen LogP contribution in [0, 0.1) is 25.7 Å². The Labute approximate surface area is 134 Å². The lowest BCUT2D eigenvalue weighted by Gasteiger charge is -2.34. The van der Waals surface area contributed by atoms with Gasteiger partial charge in [-0.3, -0.25) is 0 Å². The summed E-state index contributed by atoms with van der Waals surface area (Å²) in [5.41, 5.74) is 1.69. The fourth-order valence-corrected chi connectivity index (χ4v) is 5.26. The van der Waals surface area contributed by atoms with Gasteiger partial charge in [0.15, 0.2) is 0 Å². The quantitative estimate of drug-likeness (QED) is 0.852. The van der Waals surface area contributed by atoms with Crippen molar-refractivity contribution < 1.29 is 13.2 Å². The molecule has 1 heterocycles. The smallest absolute Gasteiger partial charge is 0.243 e. The Morgan fingerprint density at radius 3 is 2.27 bits per heavy atom. The SMILES string of the molecule is CCOc1ccc(S(=O)(=O)N2C[C@H](C)C[C@H](C)C2)c(C)c1C. The van der Waals surface area contributed by atoms with Crippen molar-refractivity contribution in [3.63, 3.8) is 0 Å². The molecule has 22 heavy (non-hydrogen) atoms. The Kier molecular flexibility index (Phi) is 5.17. The molecule has 124 valence electrons. The zero-order valence-corrected chi connectivity index (χ0v) is 15.0. The van der Waals surface area contributed by atoms with Gasteiger partial charge in [0, 0.05) is 13.1 Å². The average molecular weight is 325 g/mol. The molecular formula is C17H27NO3S.